The van der Waals surface area contributed by atoms with Crippen LogP contribution >= 0.6 is 0 Å². The number of hydrogen-bond acceptors (Lipinski definition) is 4. The summed E-state index contributed by atoms with van der Waals surface area (Å²) in [6.45, 7) is 0.457. The Kier molecular flexibility index (Phi) is 3.21. The third-order valence-electron chi connectivity index (χ3n) is 3.27. The predicted molar refractivity (Wildman–Crippen MR) is 70.6 cm³/mol. The third-order valence-corrected chi connectivity index (χ3v) is 3.27. The van der Waals surface area contributed by atoms with Gasteiger partial charge in [-0.2, -0.15) is 5.26 Å². The van der Waals surface area contributed by atoms with Crippen molar-refractivity contribution in [3.63, 3.8) is 0 Å². The maximum absolute atomic E-state index is 12.5. The summed E-state index contributed by atoms with van der Waals surface area (Å²) in [4.78, 5) is 18.3. The molecule has 0 aliphatic heterocycles. The van der Waals surface area contributed by atoms with E-state index in [1.165, 1.54) is 6.20 Å². The fraction of sp³-hybridized carbons (Fsp3) is 0.267. The summed E-state index contributed by atoms with van der Waals surface area (Å²) in [7, 11) is 0. The highest BCUT2D eigenvalue weighted by Gasteiger charge is 2.34. The van der Waals surface area contributed by atoms with E-state index in [-0.39, 0.29) is 11.9 Å². The van der Waals surface area contributed by atoms with Gasteiger partial charge in [0.05, 0.1) is 18.4 Å². The lowest BCUT2D eigenvalue weighted by molar-refractivity contribution is 0.0711. The van der Waals surface area contributed by atoms with Gasteiger partial charge in [0, 0.05) is 12.2 Å². The van der Waals surface area contributed by atoms with E-state index in [0.29, 0.717) is 17.8 Å². The number of pyridine rings is 1. The Bertz CT molecular complexity index is 637. The monoisotopic (exact) mass is 267 g/mol. The van der Waals surface area contributed by atoms with Crippen LogP contribution in [0.2, 0.25) is 0 Å². The van der Waals surface area contributed by atoms with Gasteiger partial charge in [-0.25, -0.2) is 4.98 Å². The summed E-state index contributed by atoms with van der Waals surface area (Å²) in [6, 6.07) is 9.13. The minimum Gasteiger partial charge on any atom is -0.467 e. The van der Waals surface area contributed by atoms with E-state index in [1.54, 1.807) is 23.3 Å². The Labute approximate surface area is 116 Å². The topological polar surface area (TPSA) is 70.1 Å². The maximum Gasteiger partial charge on any atom is 0.273 e. The summed E-state index contributed by atoms with van der Waals surface area (Å²) in [5.41, 5.74) is 0.813. The molecule has 0 unspecified atom stereocenters. The number of nitriles is 1. The van der Waals surface area contributed by atoms with E-state index >= 15 is 0 Å². The van der Waals surface area contributed by atoms with Gasteiger partial charge in [0.25, 0.3) is 5.91 Å². The first kappa shape index (κ1) is 12.4. The minimum absolute atomic E-state index is 0.117. The van der Waals surface area contributed by atoms with Crippen LogP contribution in [0.15, 0.2) is 41.1 Å². The molecule has 1 aliphatic rings. The van der Waals surface area contributed by atoms with E-state index in [4.69, 9.17) is 9.68 Å². The summed E-state index contributed by atoms with van der Waals surface area (Å²) >= 11 is 0. The number of aromatic nitrogens is 1. The zero-order chi connectivity index (χ0) is 13.9. The zero-order valence-electron chi connectivity index (χ0n) is 10.8. The summed E-state index contributed by atoms with van der Waals surface area (Å²) in [5, 5.41) is 8.75. The highest BCUT2D eigenvalue weighted by molar-refractivity contribution is 5.92. The predicted octanol–water partition coefficient (Wildman–Crippen LogP) is 2.35. The summed E-state index contributed by atoms with van der Waals surface area (Å²) in [6.07, 6.45) is 5.06. The van der Waals surface area contributed by atoms with Crippen molar-refractivity contribution in [2.24, 2.45) is 0 Å². The van der Waals surface area contributed by atoms with Crippen LogP contribution in [0, 0.1) is 11.3 Å². The fourth-order valence-corrected chi connectivity index (χ4v) is 2.06. The normalized spacial score (nSPS) is 13.8. The molecular weight excluding hydrogens is 254 g/mol. The average Bonchev–Trinajstić information content (AvgIpc) is 3.21. The third kappa shape index (κ3) is 2.54. The van der Waals surface area contributed by atoms with Crippen LogP contribution in [0.4, 0.5) is 0 Å². The minimum atomic E-state index is -0.117. The second-order valence-electron chi connectivity index (χ2n) is 4.79. The fourth-order valence-electron chi connectivity index (χ4n) is 2.06. The lowest BCUT2D eigenvalue weighted by atomic mass is 10.2. The Morgan fingerprint density at radius 2 is 2.30 bits per heavy atom. The standard InChI is InChI=1S/C15H13N3O2/c16-8-11-3-6-14(17-9-11)15(19)18(12-4-5-12)10-13-2-1-7-20-13/h1-3,6-7,9,12H,4-5,10H2. The SMILES string of the molecule is N#Cc1ccc(C(=O)N(Cc2ccco2)C2CC2)nc1. The molecule has 0 spiro atoms. The number of nitrogens with zero attached hydrogens (tertiary/aromatic N) is 3. The van der Waals surface area contributed by atoms with Crippen LogP contribution in [0.5, 0.6) is 0 Å². The molecule has 0 bridgehead atoms. The van der Waals surface area contributed by atoms with E-state index in [0.717, 1.165) is 18.6 Å². The molecule has 1 fully saturated rings. The van der Waals surface area contributed by atoms with Crippen molar-refractivity contribution in [3.8, 4) is 6.07 Å². The molecule has 0 N–H and O–H groups in total. The Morgan fingerprint density at radius 1 is 1.45 bits per heavy atom. The lowest BCUT2D eigenvalue weighted by Crippen LogP contribution is -2.33. The zero-order valence-corrected chi connectivity index (χ0v) is 10.8. The molecule has 5 nitrogen and oxygen atoms in total. The van der Waals surface area contributed by atoms with Gasteiger partial charge in [0.1, 0.15) is 17.5 Å². The Morgan fingerprint density at radius 3 is 2.85 bits per heavy atom. The first-order valence-corrected chi connectivity index (χ1v) is 6.47. The smallest absolute Gasteiger partial charge is 0.273 e. The van der Waals surface area contributed by atoms with Crippen LogP contribution in [0.1, 0.15) is 34.7 Å². The number of amides is 1. The van der Waals surface area contributed by atoms with E-state index in [1.807, 2.05) is 18.2 Å². The largest absolute Gasteiger partial charge is 0.467 e. The second kappa shape index (κ2) is 5.17. The van der Waals surface area contributed by atoms with Crippen molar-refractivity contribution in [1.29, 1.82) is 5.26 Å². The highest BCUT2D eigenvalue weighted by Crippen LogP contribution is 2.29. The maximum atomic E-state index is 12.5. The van der Waals surface area contributed by atoms with Crippen molar-refractivity contribution in [3.05, 3.63) is 53.7 Å². The van der Waals surface area contributed by atoms with Gasteiger partial charge in [-0.15, -0.1) is 0 Å². The van der Waals surface area contributed by atoms with Crippen molar-refractivity contribution >= 4 is 5.91 Å². The van der Waals surface area contributed by atoms with Crippen LogP contribution in [-0.2, 0) is 6.54 Å². The summed E-state index contributed by atoms with van der Waals surface area (Å²) in [5.74, 6) is 0.646. The van der Waals surface area contributed by atoms with Crippen LogP contribution in [-0.4, -0.2) is 21.8 Å². The first-order valence-electron chi connectivity index (χ1n) is 6.47. The van der Waals surface area contributed by atoms with Crippen molar-refractivity contribution < 1.29 is 9.21 Å². The number of furan rings is 1. The van der Waals surface area contributed by atoms with Gasteiger partial charge in [0.2, 0.25) is 0 Å². The molecule has 5 heteroatoms. The van der Waals surface area contributed by atoms with Gasteiger partial charge in [-0.3, -0.25) is 4.79 Å². The number of carbonyl (C=O) groups is 1. The quantitative estimate of drug-likeness (QED) is 0.852. The molecule has 20 heavy (non-hydrogen) atoms. The van der Waals surface area contributed by atoms with Crippen LogP contribution < -0.4 is 0 Å². The second-order valence-corrected chi connectivity index (χ2v) is 4.79. The molecule has 0 aromatic carbocycles. The molecule has 2 aromatic rings. The van der Waals surface area contributed by atoms with Crippen molar-refractivity contribution in [2.75, 3.05) is 0 Å². The van der Waals surface area contributed by atoms with Gasteiger partial charge in [-0.1, -0.05) is 0 Å². The molecule has 0 radical (unpaired) electrons. The first-order chi connectivity index (χ1) is 9.78. The number of hydrogen-bond donors (Lipinski definition) is 0. The van der Waals surface area contributed by atoms with E-state index < -0.39 is 0 Å². The van der Waals surface area contributed by atoms with Gasteiger partial charge in [-0.05, 0) is 37.1 Å². The van der Waals surface area contributed by atoms with Crippen molar-refractivity contribution in [1.82, 2.24) is 9.88 Å². The van der Waals surface area contributed by atoms with Gasteiger partial charge < -0.3 is 9.32 Å². The van der Waals surface area contributed by atoms with Crippen LogP contribution in [0.25, 0.3) is 0 Å². The molecule has 1 aliphatic carbocycles. The molecule has 2 aromatic heterocycles. The summed E-state index contributed by atoms with van der Waals surface area (Å²) < 4.78 is 5.31. The molecular formula is C15H13N3O2. The molecule has 100 valence electrons. The highest BCUT2D eigenvalue weighted by atomic mass is 16.3. The Balaban J connectivity index is 1.79. The lowest BCUT2D eigenvalue weighted by Gasteiger charge is -2.20. The molecule has 1 amide bonds. The van der Waals surface area contributed by atoms with E-state index in [2.05, 4.69) is 4.98 Å². The molecule has 3 rings (SSSR count). The number of rotatable bonds is 4. The Hall–Kier alpha value is -2.61. The van der Waals surface area contributed by atoms with Crippen LogP contribution in [0.3, 0.4) is 0 Å². The molecule has 0 atom stereocenters. The molecule has 0 saturated heterocycles. The van der Waals surface area contributed by atoms with Crippen molar-refractivity contribution in [2.45, 2.75) is 25.4 Å². The average molecular weight is 267 g/mol. The molecule has 2 heterocycles. The van der Waals surface area contributed by atoms with Gasteiger partial charge in [0.15, 0.2) is 0 Å². The van der Waals surface area contributed by atoms with E-state index in [9.17, 15) is 4.79 Å². The van der Waals surface area contributed by atoms with Gasteiger partial charge >= 0.3 is 0 Å². The molecule has 1 saturated carbocycles. The number of carbonyl (C=O) groups excluding carboxylic acids is 1.